The molecule has 0 unspecified atom stereocenters. The summed E-state index contributed by atoms with van der Waals surface area (Å²) in [5.41, 5.74) is 1.36. The van der Waals surface area contributed by atoms with E-state index in [1.165, 1.54) is 5.56 Å². The third-order valence-corrected chi connectivity index (χ3v) is 5.20. The molecule has 0 aliphatic carbocycles. The molecule has 2 heterocycles. The van der Waals surface area contributed by atoms with Crippen molar-refractivity contribution in [2.45, 2.75) is 38.8 Å². The molecule has 28 heavy (non-hydrogen) atoms. The summed E-state index contributed by atoms with van der Waals surface area (Å²) in [5, 5.41) is 10.7. The number of rotatable bonds is 6. The van der Waals surface area contributed by atoms with Gasteiger partial charge in [-0.05, 0) is 37.5 Å². The lowest BCUT2D eigenvalue weighted by molar-refractivity contribution is 0.198. The molecular formula is C19H28BrIN6O. The fraction of sp³-hybridized carbons (Fsp3) is 0.526. The van der Waals surface area contributed by atoms with Gasteiger partial charge in [-0.25, -0.2) is 0 Å². The number of halogens is 2. The molecule has 2 aromatic rings. The van der Waals surface area contributed by atoms with E-state index in [0.717, 1.165) is 42.9 Å². The Kier molecular flexibility index (Phi) is 9.66. The summed E-state index contributed by atoms with van der Waals surface area (Å²) in [5.74, 6) is 2.15. The number of guanidine groups is 1. The molecule has 0 saturated carbocycles. The summed E-state index contributed by atoms with van der Waals surface area (Å²) in [6.07, 6.45) is 2.91. The molecule has 1 aromatic carbocycles. The fourth-order valence-electron chi connectivity index (χ4n) is 3.20. The summed E-state index contributed by atoms with van der Waals surface area (Å²) >= 11 is 3.49. The van der Waals surface area contributed by atoms with E-state index in [4.69, 9.17) is 4.52 Å². The molecule has 2 N–H and O–H groups in total. The Hall–Kier alpha value is -1.20. The van der Waals surface area contributed by atoms with Crippen LogP contribution in [0.2, 0.25) is 0 Å². The number of nitrogens with one attached hydrogen (secondary N) is 2. The van der Waals surface area contributed by atoms with Crippen molar-refractivity contribution in [1.29, 1.82) is 0 Å². The Labute approximate surface area is 191 Å². The van der Waals surface area contributed by atoms with Crippen molar-refractivity contribution in [2.24, 2.45) is 4.99 Å². The van der Waals surface area contributed by atoms with Crippen LogP contribution in [0.5, 0.6) is 0 Å². The monoisotopic (exact) mass is 562 g/mol. The molecule has 7 nitrogen and oxygen atoms in total. The van der Waals surface area contributed by atoms with E-state index in [9.17, 15) is 0 Å². The number of benzene rings is 1. The van der Waals surface area contributed by atoms with E-state index < -0.39 is 0 Å². The van der Waals surface area contributed by atoms with Crippen molar-refractivity contribution < 1.29 is 4.52 Å². The Morgan fingerprint density at radius 1 is 1.29 bits per heavy atom. The number of aromatic nitrogens is 2. The zero-order chi connectivity index (χ0) is 19.1. The lowest BCUT2D eigenvalue weighted by Gasteiger charge is -2.33. The molecule has 1 aliphatic rings. The first kappa shape index (κ1) is 23.1. The maximum atomic E-state index is 5.13. The number of hydrogen-bond donors (Lipinski definition) is 2. The highest BCUT2D eigenvalue weighted by molar-refractivity contribution is 14.0. The van der Waals surface area contributed by atoms with Gasteiger partial charge in [-0.2, -0.15) is 4.98 Å². The van der Waals surface area contributed by atoms with E-state index in [0.29, 0.717) is 30.7 Å². The number of piperidine rings is 1. The standard InChI is InChI=1S/C19H27BrN6O.HI/c1-14-23-18(27-25-14)7-10-22-19(21-2)24-17-8-11-26(12-9-17)13-15-3-5-16(20)6-4-15;/h3-6,17H,7-13H2,1-2H3,(H2,21,22,24);1H. The second-order valence-corrected chi connectivity index (χ2v) is 7.72. The topological polar surface area (TPSA) is 78.6 Å². The van der Waals surface area contributed by atoms with E-state index in [2.05, 4.69) is 70.9 Å². The van der Waals surface area contributed by atoms with Gasteiger partial charge in [0, 0.05) is 50.2 Å². The lowest BCUT2D eigenvalue weighted by Crippen LogP contribution is -2.48. The first-order valence-electron chi connectivity index (χ1n) is 9.35. The van der Waals surface area contributed by atoms with E-state index in [1.54, 1.807) is 7.05 Å². The Bertz CT molecular complexity index is 743. The van der Waals surface area contributed by atoms with Crippen molar-refractivity contribution in [3.05, 3.63) is 46.0 Å². The highest BCUT2D eigenvalue weighted by Gasteiger charge is 2.20. The molecule has 9 heteroatoms. The minimum Gasteiger partial charge on any atom is -0.356 e. The van der Waals surface area contributed by atoms with Crippen LogP contribution in [0.4, 0.5) is 0 Å². The van der Waals surface area contributed by atoms with Gasteiger partial charge in [0.1, 0.15) is 0 Å². The maximum absolute atomic E-state index is 5.13. The van der Waals surface area contributed by atoms with Gasteiger partial charge < -0.3 is 15.2 Å². The number of nitrogens with zero attached hydrogens (tertiary/aromatic N) is 4. The number of aliphatic imine (C=N–C) groups is 1. The largest absolute Gasteiger partial charge is 0.356 e. The van der Waals surface area contributed by atoms with Gasteiger partial charge in [0.15, 0.2) is 11.8 Å². The van der Waals surface area contributed by atoms with Gasteiger partial charge in [0.25, 0.3) is 0 Å². The van der Waals surface area contributed by atoms with Crippen LogP contribution in [0, 0.1) is 6.92 Å². The summed E-state index contributed by atoms with van der Waals surface area (Å²) in [4.78, 5) is 11.0. The molecular weight excluding hydrogens is 535 g/mol. The number of hydrogen-bond acceptors (Lipinski definition) is 5. The first-order chi connectivity index (χ1) is 13.1. The normalized spacial score (nSPS) is 15.9. The quantitative estimate of drug-likeness (QED) is 0.320. The molecule has 1 aromatic heterocycles. The highest BCUT2D eigenvalue weighted by Crippen LogP contribution is 2.16. The fourth-order valence-corrected chi connectivity index (χ4v) is 3.47. The Morgan fingerprint density at radius 2 is 2.00 bits per heavy atom. The molecule has 0 atom stereocenters. The third-order valence-electron chi connectivity index (χ3n) is 4.67. The zero-order valence-corrected chi connectivity index (χ0v) is 20.2. The minimum absolute atomic E-state index is 0. The van der Waals surface area contributed by atoms with E-state index in [1.807, 2.05) is 6.92 Å². The van der Waals surface area contributed by atoms with Crippen LogP contribution < -0.4 is 10.6 Å². The molecule has 0 bridgehead atoms. The van der Waals surface area contributed by atoms with Crippen LogP contribution in [-0.4, -0.2) is 53.7 Å². The van der Waals surface area contributed by atoms with Crippen molar-refractivity contribution in [1.82, 2.24) is 25.7 Å². The van der Waals surface area contributed by atoms with Gasteiger partial charge in [-0.3, -0.25) is 9.89 Å². The second-order valence-electron chi connectivity index (χ2n) is 6.81. The Morgan fingerprint density at radius 3 is 2.61 bits per heavy atom. The molecule has 3 rings (SSSR count). The predicted octanol–water partition coefficient (Wildman–Crippen LogP) is 3.13. The number of aryl methyl sites for hydroxylation is 1. The summed E-state index contributed by atoms with van der Waals surface area (Å²) in [7, 11) is 1.80. The maximum Gasteiger partial charge on any atom is 0.228 e. The average molecular weight is 563 g/mol. The summed E-state index contributed by atoms with van der Waals surface area (Å²) < 4.78 is 6.25. The smallest absolute Gasteiger partial charge is 0.228 e. The van der Waals surface area contributed by atoms with Crippen LogP contribution >= 0.6 is 39.9 Å². The van der Waals surface area contributed by atoms with Crippen molar-refractivity contribution in [2.75, 3.05) is 26.7 Å². The molecule has 0 spiro atoms. The lowest BCUT2D eigenvalue weighted by atomic mass is 10.0. The van der Waals surface area contributed by atoms with Crippen molar-refractivity contribution in [3.8, 4) is 0 Å². The van der Waals surface area contributed by atoms with Gasteiger partial charge in [-0.15, -0.1) is 24.0 Å². The van der Waals surface area contributed by atoms with Gasteiger partial charge in [0.05, 0.1) is 0 Å². The van der Waals surface area contributed by atoms with Crippen molar-refractivity contribution >= 4 is 45.9 Å². The molecule has 154 valence electrons. The van der Waals surface area contributed by atoms with E-state index >= 15 is 0 Å². The second kappa shape index (κ2) is 11.7. The minimum atomic E-state index is 0. The zero-order valence-electron chi connectivity index (χ0n) is 16.3. The van der Waals surface area contributed by atoms with Crippen LogP contribution in [0.25, 0.3) is 0 Å². The molecule has 1 fully saturated rings. The van der Waals surface area contributed by atoms with Gasteiger partial charge >= 0.3 is 0 Å². The summed E-state index contributed by atoms with van der Waals surface area (Å²) in [6.45, 7) is 5.72. The van der Waals surface area contributed by atoms with Crippen LogP contribution in [0.3, 0.4) is 0 Å². The third kappa shape index (κ3) is 7.32. The van der Waals surface area contributed by atoms with Gasteiger partial charge in [-0.1, -0.05) is 33.2 Å². The highest BCUT2D eigenvalue weighted by atomic mass is 127. The van der Waals surface area contributed by atoms with Crippen LogP contribution in [0.1, 0.15) is 30.1 Å². The SMILES string of the molecule is CN=C(NCCc1nc(C)no1)NC1CCN(Cc2ccc(Br)cc2)CC1.I. The first-order valence-corrected chi connectivity index (χ1v) is 10.1. The van der Waals surface area contributed by atoms with Crippen molar-refractivity contribution in [3.63, 3.8) is 0 Å². The molecule has 1 aliphatic heterocycles. The molecule has 0 radical (unpaired) electrons. The summed E-state index contributed by atoms with van der Waals surface area (Å²) in [6, 6.07) is 9.03. The van der Waals surface area contributed by atoms with Gasteiger partial charge in [0.2, 0.25) is 5.89 Å². The Balaban J connectivity index is 0.00000280. The molecule has 0 amide bonds. The van der Waals surface area contributed by atoms with Crippen LogP contribution in [-0.2, 0) is 13.0 Å². The predicted molar refractivity (Wildman–Crippen MR) is 125 cm³/mol. The van der Waals surface area contributed by atoms with E-state index in [-0.39, 0.29) is 24.0 Å². The van der Waals surface area contributed by atoms with Crippen LogP contribution in [0.15, 0.2) is 38.3 Å². The number of likely N-dealkylation sites (tertiary alicyclic amines) is 1. The average Bonchev–Trinajstić information content (AvgIpc) is 3.09. The molecule has 1 saturated heterocycles.